The molecule has 0 saturated carbocycles. The summed E-state index contributed by atoms with van der Waals surface area (Å²) in [6.45, 7) is 3.42. The maximum absolute atomic E-state index is 9.86. The predicted octanol–water partition coefficient (Wildman–Crippen LogP) is -0.518. The van der Waals surface area contributed by atoms with Gasteiger partial charge >= 0.3 is 0 Å². The van der Waals surface area contributed by atoms with E-state index < -0.39 is 37.3 Å². The molecular weight excluding hydrogens is 264 g/mol. The van der Waals surface area contributed by atoms with E-state index in [9.17, 15) is 15.3 Å². The largest absolute Gasteiger partial charge is 0.462 e. The molecule has 0 aromatic heterocycles. The summed E-state index contributed by atoms with van der Waals surface area (Å²) in [6.07, 6.45) is -6.32. The molecule has 112 valence electrons. The van der Waals surface area contributed by atoms with Gasteiger partial charge < -0.3 is 29.9 Å². The first kappa shape index (κ1) is 15.2. The van der Waals surface area contributed by atoms with Gasteiger partial charge in [0, 0.05) is 0 Å². The molecule has 5 atom stereocenters. The van der Waals surface area contributed by atoms with Gasteiger partial charge in [0.05, 0.1) is 6.61 Å². The van der Waals surface area contributed by atoms with Crippen LogP contribution in [0.1, 0.15) is 11.1 Å². The lowest BCUT2D eigenvalue weighted by Gasteiger charge is -2.39. The maximum Gasteiger partial charge on any atom is 0.229 e. The Morgan fingerprint density at radius 2 is 1.75 bits per heavy atom. The van der Waals surface area contributed by atoms with E-state index in [-0.39, 0.29) is 0 Å². The first-order valence-electron chi connectivity index (χ1n) is 6.48. The van der Waals surface area contributed by atoms with E-state index in [1.54, 1.807) is 12.1 Å². The molecule has 20 heavy (non-hydrogen) atoms. The third-order valence-electron chi connectivity index (χ3n) is 3.58. The van der Waals surface area contributed by atoms with Crippen molar-refractivity contribution in [1.82, 2.24) is 0 Å². The van der Waals surface area contributed by atoms with Crippen molar-refractivity contribution in [3.05, 3.63) is 29.3 Å². The van der Waals surface area contributed by atoms with Gasteiger partial charge in [-0.05, 0) is 37.1 Å². The van der Waals surface area contributed by atoms with Gasteiger partial charge in [0.15, 0.2) is 0 Å². The molecule has 1 aliphatic heterocycles. The van der Waals surface area contributed by atoms with Gasteiger partial charge in [0.25, 0.3) is 0 Å². The summed E-state index contributed by atoms with van der Waals surface area (Å²) >= 11 is 0. The highest BCUT2D eigenvalue weighted by Crippen LogP contribution is 2.25. The number of ether oxygens (including phenoxy) is 2. The van der Waals surface area contributed by atoms with Gasteiger partial charge in [-0.2, -0.15) is 0 Å². The fourth-order valence-electron chi connectivity index (χ4n) is 2.09. The lowest BCUT2D eigenvalue weighted by atomic mass is 9.99. The summed E-state index contributed by atoms with van der Waals surface area (Å²) < 4.78 is 10.8. The molecule has 1 aliphatic rings. The molecule has 4 N–H and O–H groups in total. The Hall–Kier alpha value is -1.18. The van der Waals surface area contributed by atoms with Crippen molar-refractivity contribution in [2.45, 2.75) is 44.6 Å². The second kappa shape index (κ2) is 6.07. The van der Waals surface area contributed by atoms with Crippen LogP contribution in [0, 0.1) is 13.8 Å². The Kier molecular flexibility index (Phi) is 4.62. The van der Waals surface area contributed by atoms with Crippen molar-refractivity contribution in [2.24, 2.45) is 0 Å². The molecular formula is C14H20O6. The van der Waals surface area contributed by atoms with Crippen molar-refractivity contribution < 1.29 is 29.9 Å². The van der Waals surface area contributed by atoms with E-state index in [1.165, 1.54) is 0 Å². The summed E-state index contributed by atoms with van der Waals surface area (Å²) in [5.74, 6) is 0.484. The first-order valence-corrected chi connectivity index (χ1v) is 6.48. The summed E-state index contributed by atoms with van der Waals surface area (Å²) in [5, 5.41) is 38.3. The quantitative estimate of drug-likeness (QED) is 0.596. The normalized spacial score (nSPS) is 34.0. The number of hydrogen-bond donors (Lipinski definition) is 4. The zero-order valence-electron chi connectivity index (χ0n) is 11.4. The highest BCUT2D eigenvalue weighted by molar-refractivity contribution is 5.33. The fourth-order valence-corrected chi connectivity index (χ4v) is 2.09. The second-order valence-corrected chi connectivity index (χ2v) is 5.06. The lowest BCUT2D eigenvalue weighted by Crippen LogP contribution is -2.60. The number of rotatable bonds is 3. The molecule has 0 radical (unpaired) electrons. The molecule has 0 spiro atoms. The van der Waals surface area contributed by atoms with Crippen LogP contribution in [0.4, 0.5) is 0 Å². The third-order valence-corrected chi connectivity index (χ3v) is 3.58. The smallest absolute Gasteiger partial charge is 0.229 e. The SMILES string of the molecule is Cc1ccc(O[C@H]2O[C@@H](CO)[C@@H](O)[C@@H](O)[C@@H]2O)cc1C. The van der Waals surface area contributed by atoms with Crippen LogP contribution in [0.25, 0.3) is 0 Å². The number of benzene rings is 1. The van der Waals surface area contributed by atoms with Crippen molar-refractivity contribution >= 4 is 0 Å². The molecule has 0 bridgehead atoms. The Bertz CT molecular complexity index is 461. The summed E-state index contributed by atoms with van der Waals surface area (Å²) in [7, 11) is 0. The van der Waals surface area contributed by atoms with Crippen LogP contribution in [-0.4, -0.2) is 57.7 Å². The van der Waals surface area contributed by atoms with E-state index in [1.807, 2.05) is 19.9 Å². The molecule has 1 fully saturated rings. The van der Waals surface area contributed by atoms with E-state index in [4.69, 9.17) is 14.6 Å². The Morgan fingerprint density at radius 1 is 1.05 bits per heavy atom. The van der Waals surface area contributed by atoms with E-state index in [0.29, 0.717) is 5.75 Å². The number of aryl methyl sites for hydroxylation is 2. The fraction of sp³-hybridized carbons (Fsp3) is 0.571. The Balaban J connectivity index is 2.13. The molecule has 1 aromatic rings. The minimum absolute atomic E-state index is 0.474. The lowest BCUT2D eigenvalue weighted by molar-refractivity contribution is -0.277. The highest BCUT2D eigenvalue weighted by atomic mass is 16.7. The van der Waals surface area contributed by atoms with Gasteiger partial charge in [0.1, 0.15) is 30.2 Å². The van der Waals surface area contributed by atoms with Crippen LogP contribution in [0.2, 0.25) is 0 Å². The standard InChI is InChI=1S/C14H20O6/c1-7-3-4-9(5-8(7)2)19-14-13(18)12(17)11(16)10(6-15)20-14/h3-5,10-18H,6H2,1-2H3/t10-,11+,12+,13-,14-/m0/s1. The number of aliphatic hydroxyl groups is 4. The molecule has 0 aliphatic carbocycles. The van der Waals surface area contributed by atoms with Crippen LogP contribution in [0.3, 0.4) is 0 Å². The predicted molar refractivity (Wildman–Crippen MR) is 70.3 cm³/mol. The molecule has 2 rings (SSSR count). The van der Waals surface area contributed by atoms with Crippen LogP contribution in [0.15, 0.2) is 18.2 Å². The van der Waals surface area contributed by atoms with Crippen LogP contribution in [0.5, 0.6) is 5.75 Å². The van der Waals surface area contributed by atoms with E-state index in [0.717, 1.165) is 11.1 Å². The van der Waals surface area contributed by atoms with Gasteiger partial charge in [-0.25, -0.2) is 0 Å². The number of aliphatic hydroxyl groups excluding tert-OH is 4. The van der Waals surface area contributed by atoms with Crippen molar-refractivity contribution in [1.29, 1.82) is 0 Å². The van der Waals surface area contributed by atoms with E-state index in [2.05, 4.69) is 0 Å². The minimum atomic E-state index is -1.43. The molecule has 1 heterocycles. The molecule has 6 heteroatoms. The summed E-state index contributed by atoms with van der Waals surface area (Å²) in [5.41, 5.74) is 2.12. The molecule has 1 saturated heterocycles. The second-order valence-electron chi connectivity index (χ2n) is 5.06. The molecule has 0 unspecified atom stereocenters. The summed E-state index contributed by atoms with van der Waals surface area (Å²) in [6, 6.07) is 5.38. The van der Waals surface area contributed by atoms with Gasteiger partial charge in [-0.3, -0.25) is 0 Å². The van der Waals surface area contributed by atoms with E-state index >= 15 is 0 Å². The molecule has 1 aromatic carbocycles. The first-order chi connectivity index (χ1) is 9.43. The third kappa shape index (κ3) is 2.94. The van der Waals surface area contributed by atoms with Crippen molar-refractivity contribution in [3.63, 3.8) is 0 Å². The van der Waals surface area contributed by atoms with Gasteiger partial charge in [0.2, 0.25) is 6.29 Å². The van der Waals surface area contributed by atoms with Crippen LogP contribution in [-0.2, 0) is 4.74 Å². The Labute approximate surface area is 117 Å². The zero-order valence-corrected chi connectivity index (χ0v) is 11.4. The average Bonchev–Trinajstić information content (AvgIpc) is 2.43. The zero-order chi connectivity index (χ0) is 14.9. The Morgan fingerprint density at radius 3 is 2.35 bits per heavy atom. The molecule has 6 nitrogen and oxygen atoms in total. The summed E-state index contributed by atoms with van der Waals surface area (Å²) in [4.78, 5) is 0. The number of hydrogen-bond acceptors (Lipinski definition) is 6. The van der Waals surface area contributed by atoms with Crippen LogP contribution >= 0.6 is 0 Å². The van der Waals surface area contributed by atoms with Crippen molar-refractivity contribution in [2.75, 3.05) is 6.61 Å². The maximum atomic E-state index is 9.86. The van der Waals surface area contributed by atoms with Crippen LogP contribution < -0.4 is 4.74 Å². The van der Waals surface area contributed by atoms with Gasteiger partial charge in [-0.15, -0.1) is 0 Å². The minimum Gasteiger partial charge on any atom is -0.462 e. The topological polar surface area (TPSA) is 99.4 Å². The average molecular weight is 284 g/mol. The van der Waals surface area contributed by atoms with Gasteiger partial charge in [-0.1, -0.05) is 6.07 Å². The molecule has 0 amide bonds. The highest BCUT2D eigenvalue weighted by Gasteiger charge is 2.44. The monoisotopic (exact) mass is 284 g/mol. The van der Waals surface area contributed by atoms with Crippen molar-refractivity contribution in [3.8, 4) is 5.75 Å².